The number of alkyl halides is 2. The number of aliphatic carboxylic acids is 1. The number of carboxylic acid groups (broad SMARTS) is 1. The van der Waals surface area contributed by atoms with Crippen LogP contribution in [0.5, 0.6) is 11.5 Å². The topological polar surface area (TPSA) is 107 Å². The number of hydrogen-bond acceptors (Lipinski definition) is 5. The van der Waals surface area contributed by atoms with Gasteiger partial charge in [0.25, 0.3) is 5.91 Å². The van der Waals surface area contributed by atoms with Crippen molar-refractivity contribution in [3.63, 3.8) is 0 Å². The number of aromatic nitrogens is 1. The highest BCUT2D eigenvalue weighted by Gasteiger charge is 2.30. The Morgan fingerprint density at radius 1 is 1.17 bits per heavy atom. The van der Waals surface area contributed by atoms with Crippen molar-refractivity contribution in [2.24, 2.45) is 0 Å². The van der Waals surface area contributed by atoms with Crippen molar-refractivity contribution in [2.75, 3.05) is 7.11 Å². The second kappa shape index (κ2) is 9.91. The van der Waals surface area contributed by atoms with Crippen molar-refractivity contribution in [1.29, 1.82) is 0 Å². The van der Waals surface area contributed by atoms with Crippen molar-refractivity contribution in [3.8, 4) is 11.5 Å². The fourth-order valence-electron chi connectivity index (χ4n) is 3.64. The predicted molar refractivity (Wildman–Crippen MR) is 125 cm³/mol. The molecule has 11 heteroatoms. The van der Waals surface area contributed by atoms with E-state index in [1.54, 1.807) is 13.0 Å². The number of fused-ring (bicyclic) bond motifs is 1. The molecule has 2 N–H and O–H groups in total. The lowest BCUT2D eigenvalue weighted by Crippen LogP contribution is -2.50. The average molecular weight is 509 g/mol. The molecule has 0 radical (unpaired) electrons. The molecule has 1 aromatic heterocycles. The highest BCUT2D eigenvalue weighted by molar-refractivity contribution is 6.33. The number of methoxy groups -OCH3 is 1. The van der Waals surface area contributed by atoms with Gasteiger partial charge in [-0.1, -0.05) is 11.6 Å². The van der Waals surface area contributed by atoms with Gasteiger partial charge in [-0.2, -0.15) is 8.78 Å². The number of hydrogen-bond donors (Lipinski definition) is 2. The van der Waals surface area contributed by atoms with Gasteiger partial charge in [0.05, 0.1) is 24.1 Å². The number of amides is 1. The third kappa shape index (κ3) is 5.37. The smallest absolute Gasteiger partial charge is 0.387 e. The quantitative estimate of drug-likeness (QED) is 0.466. The molecule has 8 nitrogen and oxygen atoms in total. The number of nitrogens with zero attached hydrogens (tertiary/aromatic N) is 1. The van der Waals surface area contributed by atoms with E-state index in [-0.39, 0.29) is 22.8 Å². The second-order valence-electron chi connectivity index (χ2n) is 8.27. The number of halogens is 3. The van der Waals surface area contributed by atoms with Crippen molar-refractivity contribution >= 4 is 40.3 Å². The van der Waals surface area contributed by atoms with Crippen LogP contribution in [0.15, 0.2) is 36.4 Å². The van der Waals surface area contributed by atoms with Gasteiger partial charge < -0.3 is 19.9 Å². The van der Waals surface area contributed by atoms with E-state index in [9.17, 15) is 28.3 Å². The average Bonchev–Trinajstić information content (AvgIpc) is 3.02. The van der Waals surface area contributed by atoms with Gasteiger partial charge in [-0.3, -0.25) is 14.2 Å². The Kier molecular flexibility index (Phi) is 7.35. The second-order valence-corrected chi connectivity index (χ2v) is 8.67. The Bertz CT molecular complexity index is 1300. The van der Waals surface area contributed by atoms with Crippen molar-refractivity contribution in [2.45, 2.75) is 39.3 Å². The molecule has 2 aromatic carbocycles. The van der Waals surface area contributed by atoms with Crippen molar-refractivity contribution in [3.05, 3.63) is 58.2 Å². The predicted octanol–water partition coefficient (Wildman–Crippen LogP) is 4.42. The molecule has 0 saturated carbocycles. The monoisotopic (exact) mass is 508 g/mol. The van der Waals surface area contributed by atoms with E-state index in [0.29, 0.717) is 27.9 Å². The van der Waals surface area contributed by atoms with Crippen LogP contribution < -0.4 is 14.8 Å². The summed E-state index contributed by atoms with van der Waals surface area (Å²) in [7, 11) is 1.42. The summed E-state index contributed by atoms with van der Waals surface area (Å²) in [5.74, 6) is -2.03. The van der Waals surface area contributed by atoms with Gasteiger partial charge in [0.1, 0.15) is 17.0 Å². The van der Waals surface area contributed by atoms with Crippen LogP contribution in [0, 0.1) is 6.92 Å². The molecule has 3 aromatic rings. The molecular weight excluding hydrogens is 486 g/mol. The highest BCUT2D eigenvalue weighted by atomic mass is 35.5. The summed E-state index contributed by atoms with van der Waals surface area (Å²) in [5.41, 5.74) is -0.0272. The standard InChI is InChI=1S/C24H23ClF2N2O6/c1-12-15(10-20(30)28-24(2,3)22(32)33)16-9-19(34-4)17(25)11-18(16)29(12)21(31)13-5-7-14(8-6-13)35-23(26)27/h5-9,11,23H,10H2,1-4H3,(H,28,30)(H,32,33). The molecular formula is C24H23ClF2N2O6. The summed E-state index contributed by atoms with van der Waals surface area (Å²) < 4.78 is 35.9. The van der Waals surface area contributed by atoms with Gasteiger partial charge in [-0.25, -0.2) is 4.79 Å². The molecule has 1 amide bonds. The normalized spacial score (nSPS) is 11.5. The number of benzene rings is 2. The molecule has 0 unspecified atom stereocenters. The summed E-state index contributed by atoms with van der Waals surface area (Å²) in [4.78, 5) is 37.5. The fraction of sp³-hybridized carbons (Fsp3) is 0.292. The summed E-state index contributed by atoms with van der Waals surface area (Å²) in [6, 6.07) is 8.31. The van der Waals surface area contributed by atoms with Crippen LogP contribution in [-0.4, -0.2) is 46.7 Å². The molecule has 3 rings (SSSR count). The Hall–Kier alpha value is -3.66. The number of carbonyl (C=O) groups excluding carboxylic acids is 2. The summed E-state index contributed by atoms with van der Waals surface area (Å²) >= 11 is 6.30. The van der Waals surface area contributed by atoms with Gasteiger partial charge >= 0.3 is 12.6 Å². The number of nitrogens with one attached hydrogen (secondary N) is 1. The maximum atomic E-state index is 13.4. The Labute approximate surface area is 204 Å². The Morgan fingerprint density at radius 3 is 2.34 bits per heavy atom. The largest absolute Gasteiger partial charge is 0.495 e. The zero-order valence-electron chi connectivity index (χ0n) is 19.3. The lowest BCUT2D eigenvalue weighted by molar-refractivity contribution is -0.145. The van der Waals surface area contributed by atoms with E-state index in [4.69, 9.17) is 16.3 Å². The molecule has 0 aliphatic heterocycles. The molecule has 35 heavy (non-hydrogen) atoms. The Balaban J connectivity index is 2.09. The maximum Gasteiger partial charge on any atom is 0.387 e. The van der Waals surface area contributed by atoms with Gasteiger partial charge in [0.15, 0.2) is 0 Å². The van der Waals surface area contributed by atoms with E-state index in [0.717, 1.165) is 0 Å². The van der Waals surface area contributed by atoms with Gasteiger partial charge in [-0.05, 0) is 62.7 Å². The third-order valence-corrected chi connectivity index (χ3v) is 5.76. The Morgan fingerprint density at radius 2 is 1.80 bits per heavy atom. The van der Waals surface area contributed by atoms with E-state index in [2.05, 4.69) is 10.1 Å². The van der Waals surface area contributed by atoms with E-state index < -0.39 is 29.9 Å². The van der Waals surface area contributed by atoms with Gasteiger partial charge in [0, 0.05) is 16.6 Å². The molecule has 0 aliphatic carbocycles. The lowest BCUT2D eigenvalue weighted by atomic mass is 10.0. The van der Waals surface area contributed by atoms with Crippen molar-refractivity contribution < 1.29 is 37.7 Å². The van der Waals surface area contributed by atoms with E-state index >= 15 is 0 Å². The molecule has 0 atom stereocenters. The number of rotatable bonds is 8. The SMILES string of the molecule is COc1cc2c(CC(=O)NC(C)(C)C(=O)O)c(C)n(C(=O)c3ccc(OC(F)F)cc3)c2cc1Cl. The minimum Gasteiger partial charge on any atom is -0.495 e. The summed E-state index contributed by atoms with van der Waals surface area (Å²) in [5, 5.41) is 12.5. The molecule has 0 spiro atoms. The molecule has 0 bridgehead atoms. The van der Waals surface area contributed by atoms with Crippen LogP contribution >= 0.6 is 11.6 Å². The molecule has 0 saturated heterocycles. The van der Waals surface area contributed by atoms with Gasteiger partial charge in [-0.15, -0.1) is 0 Å². The first-order chi connectivity index (χ1) is 16.4. The third-order valence-electron chi connectivity index (χ3n) is 5.46. The molecule has 186 valence electrons. The van der Waals surface area contributed by atoms with Crippen LogP contribution in [0.3, 0.4) is 0 Å². The number of ether oxygens (including phenoxy) is 2. The number of carboxylic acids is 1. The van der Waals surface area contributed by atoms with Crippen LogP contribution in [-0.2, 0) is 16.0 Å². The first-order valence-electron chi connectivity index (χ1n) is 10.4. The van der Waals surface area contributed by atoms with Crippen LogP contribution in [0.4, 0.5) is 8.78 Å². The molecule has 0 aliphatic rings. The van der Waals surface area contributed by atoms with Crippen molar-refractivity contribution in [1.82, 2.24) is 9.88 Å². The first kappa shape index (κ1) is 26.0. The fourth-order valence-corrected chi connectivity index (χ4v) is 3.87. The minimum atomic E-state index is -3.00. The first-order valence-corrected chi connectivity index (χ1v) is 10.7. The zero-order valence-corrected chi connectivity index (χ0v) is 20.1. The van der Waals surface area contributed by atoms with E-state index in [1.807, 2.05) is 0 Å². The molecule has 0 fully saturated rings. The summed E-state index contributed by atoms with van der Waals surface area (Å²) in [6.07, 6.45) is -0.217. The van der Waals surface area contributed by atoms with Crippen LogP contribution in [0.1, 0.15) is 35.5 Å². The maximum absolute atomic E-state index is 13.4. The van der Waals surface area contributed by atoms with E-state index in [1.165, 1.54) is 55.9 Å². The van der Waals surface area contributed by atoms with Crippen LogP contribution in [0.2, 0.25) is 5.02 Å². The zero-order chi connectivity index (χ0) is 26.1. The lowest BCUT2D eigenvalue weighted by Gasteiger charge is -2.21. The minimum absolute atomic E-state index is 0.100. The highest BCUT2D eigenvalue weighted by Crippen LogP contribution is 2.35. The van der Waals surface area contributed by atoms with Crippen LogP contribution in [0.25, 0.3) is 10.9 Å². The summed E-state index contributed by atoms with van der Waals surface area (Å²) in [6.45, 7) is 1.36. The molecule has 1 heterocycles. The number of carbonyl (C=O) groups is 3. The van der Waals surface area contributed by atoms with Gasteiger partial charge in [0.2, 0.25) is 5.91 Å².